The van der Waals surface area contributed by atoms with E-state index in [1.165, 1.54) is 38.5 Å². The fourth-order valence-electron chi connectivity index (χ4n) is 4.16. The standard InChI is InChI=1S/C17H29N3O/c1-3-10-17(11-5-12-18-17)16-19-15(20-21-16)14-8-6-13(4-2)7-9-14/h13-14,18H,3-12H2,1-2H3. The summed E-state index contributed by atoms with van der Waals surface area (Å²) in [6, 6.07) is 0. The quantitative estimate of drug-likeness (QED) is 0.886. The van der Waals surface area contributed by atoms with Gasteiger partial charge in [-0.2, -0.15) is 4.98 Å². The molecule has 4 nitrogen and oxygen atoms in total. The smallest absolute Gasteiger partial charge is 0.246 e. The van der Waals surface area contributed by atoms with Crippen LogP contribution in [0.1, 0.15) is 89.3 Å². The molecular weight excluding hydrogens is 262 g/mol. The molecule has 4 heteroatoms. The van der Waals surface area contributed by atoms with Gasteiger partial charge in [-0.05, 0) is 57.4 Å². The molecule has 1 saturated carbocycles. The zero-order valence-electron chi connectivity index (χ0n) is 13.5. The zero-order valence-corrected chi connectivity index (χ0v) is 13.5. The summed E-state index contributed by atoms with van der Waals surface area (Å²) in [4.78, 5) is 4.82. The van der Waals surface area contributed by atoms with E-state index in [1.807, 2.05) is 0 Å². The molecule has 3 rings (SSSR count). The largest absolute Gasteiger partial charge is 0.337 e. The Hall–Kier alpha value is -0.900. The normalized spacial score (nSPS) is 33.4. The van der Waals surface area contributed by atoms with E-state index in [0.29, 0.717) is 5.92 Å². The molecule has 21 heavy (non-hydrogen) atoms. The lowest BCUT2D eigenvalue weighted by molar-refractivity contribution is 0.239. The molecule has 1 saturated heterocycles. The third kappa shape index (κ3) is 3.01. The molecule has 1 aliphatic heterocycles. The molecule has 0 radical (unpaired) electrons. The minimum atomic E-state index is -0.0411. The average molecular weight is 291 g/mol. The lowest BCUT2D eigenvalue weighted by Gasteiger charge is -2.26. The summed E-state index contributed by atoms with van der Waals surface area (Å²) in [6.45, 7) is 5.60. The lowest BCUT2D eigenvalue weighted by atomic mass is 9.80. The Morgan fingerprint density at radius 1 is 1.24 bits per heavy atom. The molecule has 0 spiro atoms. The highest BCUT2D eigenvalue weighted by molar-refractivity contribution is 5.08. The first-order valence-corrected chi connectivity index (χ1v) is 8.86. The topological polar surface area (TPSA) is 51.0 Å². The minimum Gasteiger partial charge on any atom is -0.337 e. The van der Waals surface area contributed by atoms with Gasteiger partial charge in [0.2, 0.25) is 5.89 Å². The van der Waals surface area contributed by atoms with E-state index in [-0.39, 0.29) is 5.54 Å². The second kappa shape index (κ2) is 6.47. The number of aromatic nitrogens is 2. The highest BCUT2D eigenvalue weighted by Crippen LogP contribution is 2.38. The maximum absolute atomic E-state index is 5.69. The summed E-state index contributed by atoms with van der Waals surface area (Å²) >= 11 is 0. The van der Waals surface area contributed by atoms with Crippen molar-refractivity contribution in [1.29, 1.82) is 0 Å². The van der Waals surface area contributed by atoms with Crippen LogP contribution < -0.4 is 5.32 Å². The fourth-order valence-corrected chi connectivity index (χ4v) is 4.16. The van der Waals surface area contributed by atoms with Crippen LogP contribution in [0, 0.1) is 5.92 Å². The Kier molecular flexibility index (Phi) is 4.63. The maximum atomic E-state index is 5.69. The van der Waals surface area contributed by atoms with E-state index in [4.69, 9.17) is 9.51 Å². The molecule has 118 valence electrons. The third-order valence-corrected chi connectivity index (χ3v) is 5.56. The Balaban J connectivity index is 1.71. The highest BCUT2D eigenvalue weighted by Gasteiger charge is 2.40. The molecule has 0 amide bonds. The van der Waals surface area contributed by atoms with Crippen molar-refractivity contribution in [3.8, 4) is 0 Å². The number of nitrogens with zero attached hydrogens (tertiary/aromatic N) is 2. The predicted octanol–water partition coefficient (Wildman–Crippen LogP) is 4.13. The van der Waals surface area contributed by atoms with Gasteiger partial charge in [0.1, 0.15) is 0 Å². The third-order valence-electron chi connectivity index (χ3n) is 5.56. The predicted molar refractivity (Wildman–Crippen MR) is 83.1 cm³/mol. The van der Waals surface area contributed by atoms with Crippen molar-refractivity contribution in [3.63, 3.8) is 0 Å². The first-order chi connectivity index (χ1) is 10.3. The summed E-state index contributed by atoms with van der Waals surface area (Å²) in [7, 11) is 0. The number of nitrogens with one attached hydrogen (secondary N) is 1. The van der Waals surface area contributed by atoms with E-state index in [0.717, 1.165) is 43.4 Å². The van der Waals surface area contributed by atoms with Gasteiger partial charge in [0, 0.05) is 5.92 Å². The van der Waals surface area contributed by atoms with Crippen LogP contribution in [0.5, 0.6) is 0 Å². The van der Waals surface area contributed by atoms with Crippen LogP contribution in [0.2, 0.25) is 0 Å². The van der Waals surface area contributed by atoms with Gasteiger partial charge in [-0.15, -0.1) is 0 Å². The van der Waals surface area contributed by atoms with Crippen molar-refractivity contribution in [2.75, 3.05) is 6.54 Å². The van der Waals surface area contributed by atoms with Crippen molar-refractivity contribution >= 4 is 0 Å². The van der Waals surface area contributed by atoms with Gasteiger partial charge in [0.05, 0.1) is 5.54 Å². The second-order valence-electron chi connectivity index (χ2n) is 6.95. The van der Waals surface area contributed by atoms with Crippen molar-refractivity contribution in [3.05, 3.63) is 11.7 Å². The van der Waals surface area contributed by atoms with Crippen LogP contribution in [-0.2, 0) is 5.54 Å². The first-order valence-electron chi connectivity index (χ1n) is 8.86. The van der Waals surface area contributed by atoms with Crippen LogP contribution in [0.15, 0.2) is 4.52 Å². The van der Waals surface area contributed by atoms with Crippen molar-refractivity contribution in [1.82, 2.24) is 15.5 Å². The molecule has 0 bridgehead atoms. The maximum Gasteiger partial charge on any atom is 0.246 e. The van der Waals surface area contributed by atoms with Crippen LogP contribution in [0.3, 0.4) is 0 Å². The molecule has 1 aromatic heterocycles. The Bertz CT molecular complexity index is 443. The summed E-state index contributed by atoms with van der Waals surface area (Å²) in [5, 5.41) is 7.96. The molecule has 1 aromatic rings. The number of rotatable bonds is 5. The molecule has 1 aliphatic carbocycles. The Morgan fingerprint density at radius 2 is 2.05 bits per heavy atom. The van der Waals surface area contributed by atoms with E-state index in [1.54, 1.807) is 0 Å². The van der Waals surface area contributed by atoms with E-state index >= 15 is 0 Å². The molecular formula is C17H29N3O. The molecule has 0 aromatic carbocycles. The van der Waals surface area contributed by atoms with Crippen LogP contribution in [0.4, 0.5) is 0 Å². The monoisotopic (exact) mass is 291 g/mol. The molecule has 2 aliphatic rings. The SMILES string of the molecule is CCCC1(c2nc(C3CCC(CC)CC3)no2)CCCN1. The average Bonchev–Trinajstić information content (AvgIpc) is 3.17. The molecule has 2 heterocycles. The van der Waals surface area contributed by atoms with Crippen molar-refractivity contribution in [2.45, 2.75) is 83.1 Å². The van der Waals surface area contributed by atoms with Crippen molar-refractivity contribution < 1.29 is 4.52 Å². The number of hydrogen-bond donors (Lipinski definition) is 1. The summed E-state index contributed by atoms with van der Waals surface area (Å²) in [5.41, 5.74) is -0.0411. The first kappa shape index (κ1) is 15.0. The molecule has 1 N–H and O–H groups in total. The van der Waals surface area contributed by atoms with E-state index in [2.05, 4.69) is 24.3 Å². The van der Waals surface area contributed by atoms with Crippen LogP contribution >= 0.6 is 0 Å². The number of hydrogen-bond acceptors (Lipinski definition) is 4. The second-order valence-corrected chi connectivity index (χ2v) is 6.95. The Morgan fingerprint density at radius 3 is 2.67 bits per heavy atom. The zero-order chi connectivity index (χ0) is 14.7. The minimum absolute atomic E-state index is 0.0411. The van der Waals surface area contributed by atoms with Gasteiger partial charge in [0.25, 0.3) is 0 Å². The highest BCUT2D eigenvalue weighted by atomic mass is 16.5. The van der Waals surface area contributed by atoms with Crippen LogP contribution in [0.25, 0.3) is 0 Å². The summed E-state index contributed by atoms with van der Waals surface area (Å²) < 4.78 is 5.69. The van der Waals surface area contributed by atoms with Gasteiger partial charge in [0.15, 0.2) is 5.82 Å². The van der Waals surface area contributed by atoms with Crippen molar-refractivity contribution in [2.24, 2.45) is 5.92 Å². The van der Waals surface area contributed by atoms with Gasteiger partial charge in [-0.1, -0.05) is 31.8 Å². The van der Waals surface area contributed by atoms with Gasteiger partial charge >= 0.3 is 0 Å². The van der Waals surface area contributed by atoms with E-state index in [9.17, 15) is 0 Å². The van der Waals surface area contributed by atoms with Gasteiger partial charge in [-0.3, -0.25) is 0 Å². The van der Waals surface area contributed by atoms with Gasteiger partial charge < -0.3 is 9.84 Å². The molecule has 2 fully saturated rings. The molecule has 1 unspecified atom stereocenters. The lowest BCUT2D eigenvalue weighted by Crippen LogP contribution is -2.37. The summed E-state index contributed by atoms with van der Waals surface area (Å²) in [6.07, 6.45) is 11.0. The fraction of sp³-hybridized carbons (Fsp3) is 0.882. The summed E-state index contributed by atoms with van der Waals surface area (Å²) in [5.74, 6) is 3.24. The van der Waals surface area contributed by atoms with Gasteiger partial charge in [-0.25, -0.2) is 0 Å². The Labute approximate surface area is 128 Å². The van der Waals surface area contributed by atoms with Crippen LogP contribution in [-0.4, -0.2) is 16.7 Å². The molecule has 1 atom stereocenters. The van der Waals surface area contributed by atoms with E-state index < -0.39 is 0 Å².